The van der Waals surface area contributed by atoms with Crippen molar-refractivity contribution in [1.82, 2.24) is 72.5 Å². The van der Waals surface area contributed by atoms with E-state index in [4.69, 9.17) is 51.6 Å². The highest BCUT2D eigenvalue weighted by atomic mass is 16.2. The molecule has 4 aromatic rings. The normalized spacial score (nSPS) is 17.9. The summed E-state index contributed by atoms with van der Waals surface area (Å²) in [5, 5.41) is 27.3. The second kappa shape index (κ2) is 49.9. The molecule has 7 rings (SSSR count). The van der Waals surface area contributed by atoms with Crippen molar-refractivity contribution in [2.75, 3.05) is 52.4 Å². The molecule has 0 aliphatic carbocycles. The van der Waals surface area contributed by atoms with Gasteiger partial charge in [-0.25, -0.2) is 0 Å². The zero-order chi connectivity index (χ0) is 90.0. The number of nitrogens with two attached hydrogens (primary N) is 9. The minimum Gasteiger partial charge on any atom is -0.370 e. The molecule has 123 heavy (non-hydrogen) atoms. The van der Waals surface area contributed by atoms with E-state index in [9.17, 15) is 38.4 Å². The van der Waals surface area contributed by atoms with Gasteiger partial charge < -0.3 is 124 Å². The number of aromatic amines is 2. The third kappa shape index (κ3) is 29.9. The van der Waals surface area contributed by atoms with Crippen LogP contribution in [-0.2, 0) is 75.2 Å². The highest BCUT2D eigenvalue weighted by molar-refractivity contribution is 6.01. The Kier molecular flexibility index (Phi) is 40.2. The van der Waals surface area contributed by atoms with Gasteiger partial charge in [-0.05, 0) is 195 Å². The Morgan fingerprint density at radius 3 is 1.10 bits per heavy atom. The van der Waals surface area contributed by atoms with Crippen molar-refractivity contribution >= 4 is 111 Å². The standard InChI is InChI=1S/C85H137N25O13/c1-7-51(6)70(89)80(120)107-66(44-50(4)5)83(123)110-42-22-34-69(110)79(119)104-63(45-52-47-97-56-25-10-8-23-54(52)56)75(115)100-59(27-12-15-35-86)73(113)103-62(29-14-17-37-88)81(121)108-40-20-32-67(108)77(117)102-60(28-13-16-36-87)74(114)106-65(43-49(2)3)82(122)109-41-21-33-68(109)78(118)105-64(46-53-48-98-57-26-11-9-24-55(53)57)76(116)101-61(31-19-39-96-85(93)94)72(112)99-58(71(90)111)30-18-38-95-84(91)92/h8-11,23-26,47-51,58-70,97-98H,7,12-22,27-46,86-89H2,1-6H3,(H2,90,111)(H,99,112)(H,100,115)(H,101,116)(H,102,117)(H,103,113)(H,104,119)(H,105,118)(H,106,114)(H,107,120)(H4,91,92,95)(H4,93,94,96)/t51-,58-,59-,60-,61-,62-,63-,64-,65-,66-,67-,68-,69-,70-/m0/s1. The van der Waals surface area contributed by atoms with Gasteiger partial charge in [-0.2, -0.15) is 0 Å². The number of aliphatic imine (C=N–C) groups is 2. The van der Waals surface area contributed by atoms with Gasteiger partial charge in [0.25, 0.3) is 0 Å². The molecular weight excluding hydrogens is 1580 g/mol. The van der Waals surface area contributed by atoms with E-state index in [1.54, 1.807) is 12.4 Å². The number of amides is 13. The molecule has 3 aliphatic rings. The molecule has 0 bridgehead atoms. The largest absolute Gasteiger partial charge is 0.370 e. The summed E-state index contributed by atoms with van der Waals surface area (Å²) < 4.78 is 0. The minimum atomic E-state index is -1.38. The van der Waals surface area contributed by atoms with Crippen LogP contribution in [0.1, 0.15) is 194 Å². The monoisotopic (exact) mass is 1720 g/mol. The fourth-order valence-corrected chi connectivity index (χ4v) is 16.1. The third-order valence-electron chi connectivity index (χ3n) is 23.1. The van der Waals surface area contributed by atoms with E-state index < -0.39 is 155 Å². The Morgan fingerprint density at radius 1 is 0.407 bits per heavy atom. The second-order valence-corrected chi connectivity index (χ2v) is 33.6. The van der Waals surface area contributed by atoms with E-state index in [1.165, 1.54) is 14.7 Å². The number of primary amides is 1. The van der Waals surface area contributed by atoms with Crippen LogP contribution in [0.3, 0.4) is 0 Å². The summed E-state index contributed by atoms with van der Waals surface area (Å²) in [7, 11) is 0. The Balaban J connectivity index is 1.09. The summed E-state index contributed by atoms with van der Waals surface area (Å²) in [5.74, 6) is -9.52. The van der Waals surface area contributed by atoms with Gasteiger partial charge >= 0.3 is 0 Å². The quantitative estimate of drug-likeness (QED) is 0.0146. The Labute approximate surface area is 720 Å². The molecule has 29 N–H and O–H groups in total. The predicted molar refractivity (Wildman–Crippen MR) is 470 cm³/mol. The summed E-state index contributed by atoms with van der Waals surface area (Å²) in [5.41, 5.74) is 55.0. The summed E-state index contributed by atoms with van der Waals surface area (Å²) in [6.45, 7) is 12.7. The Hall–Kier alpha value is -11.0. The summed E-state index contributed by atoms with van der Waals surface area (Å²) in [4.78, 5) is 209. The van der Waals surface area contributed by atoms with Crippen molar-refractivity contribution < 1.29 is 62.3 Å². The zero-order valence-electron chi connectivity index (χ0n) is 72.4. The first kappa shape index (κ1) is 99.1. The highest BCUT2D eigenvalue weighted by Gasteiger charge is 2.45. The number of hydrogen-bond acceptors (Lipinski definition) is 19. The number of carbonyl (C=O) groups is 13. The van der Waals surface area contributed by atoms with E-state index in [1.807, 2.05) is 90.1 Å². The van der Waals surface area contributed by atoms with Gasteiger partial charge in [-0.15, -0.1) is 0 Å². The molecule has 0 radical (unpaired) electrons. The van der Waals surface area contributed by atoms with Crippen LogP contribution in [0.4, 0.5) is 0 Å². The lowest BCUT2D eigenvalue weighted by molar-refractivity contribution is -0.144. The molecule has 0 spiro atoms. The van der Waals surface area contributed by atoms with E-state index >= 15 is 24.0 Å². The molecule has 2 aromatic heterocycles. The molecule has 38 heteroatoms. The minimum absolute atomic E-state index is 0.0285. The molecule has 3 fully saturated rings. The van der Waals surface area contributed by atoms with Crippen LogP contribution in [0.15, 0.2) is 70.9 Å². The number of H-pyrrole nitrogens is 2. The summed E-state index contributed by atoms with van der Waals surface area (Å²) >= 11 is 0. The van der Waals surface area contributed by atoms with E-state index in [0.717, 1.165) is 21.8 Å². The summed E-state index contributed by atoms with van der Waals surface area (Å²) in [6, 6.07) is -0.741. The lowest BCUT2D eigenvalue weighted by Crippen LogP contribution is -2.61. The third-order valence-corrected chi connectivity index (χ3v) is 23.1. The smallest absolute Gasteiger partial charge is 0.245 e. The van der Waals surface area contributed by atoms with Gasteiger partial charge in [-0.3, -0.25) is 72.3 Å². The molecule has 14 atom stereocenters. The lowest BCUT2D eigenvalue weighted by Gasteiger charge is -2.32. The van der Waals surface area contributed by atoms with Crippen LogP contribution in [0.25, 0.3) is 21.8 Å². The van der Waals surface area contributed by atoms with Crippen molar-refractivity contribution in [3.63, 3.8) is 0 Å². The van der Waals surface area contributed by atoms with Crippen LogP contribution in [0, 0.1) is 17.8 Å². The highest BCUT2D eigenvalue weighted by Crippen LogP contribution is 2.28. The van der Waals surface area contributed by atoms with Crippen molar-refractivity contribution in [2.24, 2.45) is 79.3 Å². The van der Waals surface area contributed by atoms with Crippen LogP contribution in [-0.4, -0.2) is 244 Å². The van der Waals surface area contributed by atoms with E-state index in [0.29, 0.717) is 75.3 Å². The first-order valence-electron chi connectivity index (χ1n) is 43.8. The first-order valence-corrected chi connectivity index (χ1v) is 43.8. The summed E-state index contributed by atoms with van der Waals surface area (Å²) in [6.07, 6.45) is 9.13. The number of benzene rings is 2. The zero-order valence-corrected chi connectivity index (χ0v) is 72.4. The second-order valence-electron chi connectivity index (χ2n) is 33.6. The number of unbranched alkanes of at least 4 members (excludes halogenated alkanes) is 3. The fourth-order valence-electron chi connectivity index (χ4n) is 16.1. The van der Waals surface area contributed by atoms with Gasteiger partial charge in [0.15, 0.2) is 11.9 Å². The van der Waals surface area contributed by atoms with E-state index in [2.05, 4.69) is 67.8 Å². The number of hydrogen-bond donors (Lipinski definition) is 20. The van der Waals surface area contributed by atoms with Gasteiger partial charge in [0.2, 0.25) is 76.8 Å². The number of nitrogens with zero attached hydrogens (tertiary/aromatic N) is 5. The number of guanidine groups is 2. The number of fused-ring (bicyclic) bond motifs is 2. The van der Waals surface area contributed by atoms with Crippen molar-refractivity contribution in [3.05, 3.63) is 72.1 Å². The van der Waals surface area contributed by atoms with Crippen LogP contribution in [0.5, 0.6) is 0 Å². The molecular formula is C85H137N25O13. The van der Waals surface area contributed by atoms with Crippen molar-refractivity contribution in [2.45, 2.75) is 274 Å². The van der Waals surface area contributed by atoms with Crippen LogP contribution < -0.4 is 99.5 Å². The maximum Gasteiger partial charge on any atom is 0.245 e. The Morgan fingerprint density at radius 2 is 0.724 bits per heavy atom. The van der Waals surface area contributed by atoms with Crippen molar-refractivity contribution in [1.29, 1.82) is 0 Å². The molecule has 5 heterocycles. The molecule has 3 saturated heterocycles. The number of carbonyl (C=O) groups excluding carboxylic acids is 13. The molecule has 680 valence electrons. The lowest BCUT2D eigenvalue weighted by atomic mass is 9.97. The number of aromatic nitrogens is 2. The average molecular weight is 1720 g/mol. The number of para-hydroxylation sites is 2. The molecule has 0 saturated carbocycles. The topological polar surface area (TPSA) is 630 Å². The SMILES string of the molecule is CC[C@H](C)[C@H](N)C(=O)N[C@@H](CC(C)C)C(=O)N1CCC[C@H]1C(=O)N[C@@H](Cc1c[nH]c2ccccc12)C(=O)N[C@@H](CCCCN)C(=O)N[C@@H](CCCCN)C(=O)N1CCC[C@H]1C(=O)N[C@@H](CCCCN)C(=O)N[C@@H](CC(C)C)C(=O)N1CCC[C@H]1C(=O)N[C@@H](Cc1c[nH]c2ccccc12)C(=O)N[C@@H](CCCN=C(N)N)C(=O)N[C@@H](CCCN=C(N)N)C(N)=O. The van der Waals surface area contributed by atoms with Crippen molar-refractivity contribution in [3.8, 4) is 0 Å². The molecule has 2 aromatic carbocycles. The van der Waals surface area contributed by atoms with Gasteiger partial charge in [0.1, 0.15) is 72.5 Å². The molecule has 13 amide bonds. The predicted octanol–water partition coefficient (Wildman–Crippen LogP) is -0.784. The number of likely N-dealkylation sites (tertiary alicyclic amines) is 3. The van der Waals surface area contributed by atoms with Gasteiger partial charge in [0, 0.05) is 79.8 Å². The number of rotatable bonds is 52. The fraction of sp³-hybridized carbons (Fsp3) is 0.635. The molecule has 3 aliphatic heterocycles. The first-order chi connectivity index (χ1) is 58.8. The average Bonchev–Trinajstić information content (AvgIpc) is 1.71. The maximum absolute atomic E-state index is 15.3. The molecule has 38 nitrogen and oxygen atoms in total. The van der Waals surface area contributed by atoms with Gasteiger partial charge in [-0.1, -0.05) is 84.4 Å². The molecule has 0 unspecified atom stereocenters. The van der Waals surface area contributed by atoms with Gasteiger partial charge in [0.05, 0.1) is 6.04 Å². The van der Waals surface area contributed by atoms with Crippen LogP contribution >= 0.6 is 0 Å². The Bertz CT molecular complexity index is 4260. The maximum atomic E-state index is 15.3. The van der Waals surface area contributed by atoms with E-state index in [-0.39, 0.29) is 172 Å². The van der Waals surface area contributed by atoms with Crippen LogP contribution in [0.2, 0.25) is 0 Å². The number of nitrogens with one attached hydrogen (secondary N) is 11.